The number of thioether (sulfide) groups is 1. The lowest BCUT2D eigenvalue weighted by Crippen LogP contribution is -2.27. The molecule has 0 amide bonds. The number of likely N-dealkylation sites (tertiary alicyclic amines) is 1. The minimum atomic E-state index is 0. The van der Waals surface area contributed by atoms with Crippen LogP contribution in [-0.4, -0.2) is 50.0 Å². The van der Waals surface area contributed by atoms with Crippen LogP contribution in [0, 0.1) is 19.8 Å². The maximum Gasteiger partial charge on any atom is 0.190 e. The predicted molar refractivity (Wildman–Crippen MR) is 119 cm³/mol. The maximum atomic E-state index is 4.70. The number of fused-ring (bicyclic) bond motifs is 2. The molecule has 150 valence electrons. The molecular formula is C20H26ClN5S2. The molecular weight excluding hydrogens is 410 g/mol. The summed E-state index contributed by atoms with van der Waals surface area (Å²) in [6, 6.07) is 6.99. The lowest BCUT2D eigenvalue weighted by Gasteiger charge is -2.21. The Morgan fingerprint density at radius 1 is 1.29 bits per heavy atom. The minimum Gasteiger partial charge on any atom is -0.309 e. The third-order valence-corrected chi connectivity index (χ3v) is 8.25. The van der Waals surface area contributed by atoms with Gasteiger partial charge in [0.2, 0.25) is 0 Å². The van der Waals surface area contributed by atoms with E-state index in [-0.39, 0.29) is 12.4 Å². The van der Waals surface area contributed by atoms with Crippen molar-refractivity contribution in [3.05, 3.63) is 34.6 Å². The molecule has 1 aromatic carbocycles. The molecule has 0 spiro atoms. The van der Waals surface area contributed by atoms with Gasteiger partial charge >= 0.3 is 0 Å². The normalized spacial score (nSPS) is 23.8. The van der Waals surface area contributed by atoms with Crippen molar-refractivity contribution in [1.82, 2.24) is 24.6 Å². The summed E-state index contributed by atoms with van der Waals surface area (Å²) in [5.74, 6) is 2.92. The monoisotopic (exact) mass is 435 g/mol. The molecule has 0 N–H and O–H groups in total. The van der Waals surface area contributed by atoms with Crippen molar-refractivity contribution in [3.8, 4) is 0 Å². The van der Waals surface area contributed by atoms with Crippen LogP contribution in [0.3, 0.4) is 0 Å². The molecule has 5 rings (SSSR count). The first-order valence-electron chi connectivity index (χ1n) is 9.64. The molecule has 3 heterocycles. The summed E-state index contributed by atoms with van der Waals surface area (Å²) in [6.45, 7) is 7.74. The van der Waals surface area contributed by atoms with E-state index in [1.807, 2.05) is 25.7 Å². The number of thiazole rings is 1. The van der Waals surface area contributed by atoms with Gasteiger partial charge < -0.3 is 9.47 Å². The van der Waals surface area contributed by atoms with E-state index in [0.717, 1.165) is 27.7 Å². The smallest absolute Gasteiger partial charge is 0.190 e. The van der Waals surface area contributed by atoms with Gasteiger partial charge in [0, 0.05) is 31.3 Å². The highest BCUT2D eigenvalue weighted by Gasteiger charge is 2.60. The summed E-state index contributed by atoms with van der Waals surface area (Å²) in [5.41, 5.74) is 3.10. The Labute approximate surface area is 180 Å². The average molecular weight is 436 g/mol. The molecule has 1 unspecified atom stereocenters. The van der Waals surface area contributed by atoms with Crippen LogP contribution in [0.2, 0.25) is 0 Å². The highest BCUT2D eigenvalue weighted by Crippen LogP contribution is 2.59. The van der Waals surface area contributed by atoms with Gasteiger partial charge in [-0.2, -0.15) is 0 Å². The standard InChI is InChI=1S/C20H25N5S2.ClH/c1-13-22-23-19(24(13)3)26-8-4-7-25-11-16-10-20(16,12-25)15-5-6-18-17(9-15)21-14(2)27-18;/h5-6,9,16H,4,7-8,10-12H2,1-3H3;1H/t16-,20?;/m1./s1. The van der Waals surface area contributed by atoms with E-state index in [2.05, 4.69) is 44.8 Å². The first-order chi connectivity index (χ1) is 13.0. The summed E-state index contributed by atoms with van der Waals surface area (Å²) >= 11 is 3.61. The number of halogens is 1. The summed E-state index contributed by atoms with van der Waals surface area (Å²) in [5, 5.41) is 10.6. The topological polar surface area (TPSA) is 46.8 Å². The number of aromatic nitrogens is 4. The largest absolute Gasteiger partial charge is 0.309 e. The minimum absolute atomic E-state index is 0. The van der Waals surface area contributed by atoms with Crippen molar-refractivity contribution in [2.45, 2.75) is 37.3 Å². The number of nitrogens with zero attached hydrogens (tertiary/aromatic N) is 5. The summed E-state index contributed by atoms with van der Waals surface area (Å²) in [7, 11) is 2.04. The van der Waals surface area contributed by atoms with Crippen molar-refractivity contribution >= 4 is 45.7 Å². The van der Waals surface area contributed by atoms with Gasteiger partial charge in [-0.15, -0.1) is 33.9 Å². The Morgan fingerprint density at radius 3 is 2.93 bits per heavy atom. The SMILES string of the molecule is Cc1nc2cc(C34C[C@@H]3CN(CCCSc3nnc(C)n3C)C4)ccc2s1.Cl. The van der Waals surface area contributed by atoms with Crippen LogP contribution in [0.25, 0.3) is 10.2 Å². The van der Waals surface area contributed by atoms with Crippen molar-refractivity contribution in [2.75, 3.05) is 25.4 Å². The van der Waals surface area contributed by atoms with Crippen LogP contribution < -0.4 is 0 Å². The first kappa shape index (κ1) is 20.1. The number of rotatable bonds is 6. The number of benzene rings is 1. The van der Waals surface area contributed by atoms with Gasteiger partial charge in [0.05, 0.1) is 15.2 Å². The van der Waals surface area contributed by atoms with Crippen molar-refractivity contribution < 1.29 is 0 Å². The Balaban J connectivity index is 0.00000192. The van der Waals surface area contributed by atoms with E-state index in [4.69, 9.17) is 4.98 Å². The van der Waals surface area contributed by atoms with E-state index in [1.165, 1.54) is 48.3 Å². The molecule has 2 aromatic heterocycles. The molecule has 5 nitrogen and oxygen atoms in total. The van der Waals surface area contributed by atoms with Gasteiger partial charge in [0.25, 0.3) is 0 Å². The third kappa shape index (κ3) is 3.47. The summed E-state index contributed by atoms with van der Waals surface area (Å²) in [4.78, 5) is 7.36. The Bertz CT molecular complexity index is 1000. The van der Waals surface area contributed by atoms with Crippen molar-refractivity contribution in [3.63, 3.8) is 0 Å². The van der Waals surface area contributed by atoms with Crippen LogP contribution in [0.1, 0.15) is 29.2 Å². The van der Waals surface area contributed by atoms with Crippen molar-refractivity contribution in [2.24, 2.45) is 13.0 Å². The Hall–Kier alpha value is -1.15. The van der Waals surface area contributed by atoms with Crippen LogP contribution >= 0.6 is 35.5 Å². The third-order valence-electron chi connectivity index (χ3n) is 6.19. The second-order valence-corrected chi connectivity index (χ2v) is 10.3. The molecule has 0 radical (unpaired) electrons. The molecule has 2 atom stereocenters. The van der Waals surface area contributed by atoms with E-state index in [9.17, 15) is 0 Å². The molecule has 0 bridgehead atoms. The second kappa shape index (κ2) is 7.59. The molecule has 28 heavy (non-hydrogen) atoms. The highest BCUT2D eigenvalue weighted by molar-refractivity contribution is 7.99. The molecule has 1 saturated heterocycles. The molecule has 3 aromatic rings. The van der Waals surface area contributed by atoms with Crippen LogP contribution in [0.4, 0.5) is 0 Å². The number of piperidine rings is 1. The fourth-order valence-electron chi connectivity index (χ4n) is 4.52. The van der Waals surface area contributed by atoms with Crippen LogP contribution in [-0.2, 0) is 12.5 Å². The summed E-state index contributed by atoms with van der Waals surface area (Å²) in [6.07, 6.45) is 2.55. The molecule has 2 fully saturated rings. The van der Waals surface area contributed by atoms with Gasteiger partial charge in [0.15, 0.2) is 5.16 Å². The highest BCUT2D eigenvalue weighted by atomic mass is 35.5. The van der Waals surface area contributed by atoms with Gasteiger partial charge in [-0.1, -0.05) is 17.8 Å². The molecule has 8 heteroatoms. The Morgan fingerprint density at radius 2 is 2.14 bits per heavy atom. The predicted octanol–water partition coefficient (Wildman–Crippen LogP) is 4.22. The Kier molecular flexibility index (Phi) is 5.46. The quantitative estimate of drug-likeness (QED) is 0.428. The summed E-state index contributed by atoms with van der Waals surface area (Å²) < 4.78 is 3.39. The molecule has 1 aliphatic heterocycles. The number of aryl methyl sites for hydroxylation is 2. The van der Waals surface area contributed by atoms with E-state index < -0.39 is 0 Å². The zero-order valence-corrected chi connectivity index (χ0v) is 19.0. The average Bonchev–Trinajstić information content (AvgIpc) is 2.93. The van der Waals surface area contributed by atoms with Crippen molar-refractivity contribution in [1.29, 1.82) is 0 Å². The lowest BCUT2D eigenvalue weighted by molar-refractivity contribution is 0.299. The van der Waals surface area contributed by atoms with Gasteiger partial charge in [-0.25, -0.2) is 4.98 Å². The van der Waals surface area contributed by atoms with Crippen LogP contribution in [0.15, 0.2) is 23.4 Å². The molecule has 1 saturated carbocycles. The van der Waals surface area contributed by atoms with Crippen LogP contribution in [0.5, 0.6) is 0 Å². The first-order valence-corrected chi connectivity index (χ1v) is 11.4. The van der Waals surface area contributed by atoms with Gasteiger partial charge in [-0.05, 0) is 56.8 Å². The lowest BCUT2D eigenvalue weighted by atomic mass is 9.95. The number of hydrogen-bond donors (Lipinski definition) is 0. The van der Waals surface area contributed by atoms with E-state index >= 15 is 0 Å². The molecule has 1 aliphatic carbocycles. The zero-order valence-electron chi connectivity index (χ0n) is 16.5. The van der Waals surface area contributed by atoms with E-state index in [0.29, 0.717) is 5.41 Å². The zero-order chi connectivity index (χ0) is 18.6. The van der Waals surface area contributed by atoms with Gasteiger partial charge in [-0.3, -0.25) is 0 Å². The fourth-order valence-corrected chi connectivity index (χ4v) is 6.21. The molecule has 2 aliphatic rings. The number of hydrogen-bond acceptors (Lipinski definition) is 6. The second-order valence-electron chi connectivity index (χ2n) is 8.00. The van der Waals surface area contributed by atoms with E-state index in [1.54, 1.807) is 11.3 Å². The van der Waals surface area contributed by atoms with Gasteiger partial charge in [0.1, 0.15) is 5.82 Å². The maximum absolute atomic E-state index is 4.70. The fraction of sp³-hybridized carbons (Fsp3) is 0.550.